The van der Waals surface area contributed by atoms with Gasteiger partial charge in [0, 0.05) is 18.5 Å². The van der Waals surface area contributed by atoms with Crippen molar-refractivity contribution in [1.82, 2.24) is 4.90 Å². The fraction of sp³-hybridized carbons (Fsp3) is 0.381. The maximum atomic E-state index is 13.0. The first-order valence-corrected chi connectivity index (χ1v) is 10.9. The molecule has 1 saturated carbocycles. The van der Waals surface area contributed by atoms with E-state index in [4.69, 9.17) is 4.18 Å². The Hall–Kier alpha value is -2.34. The lowest BCUT2D eigenvalue weighted by Crippen LogP contribution is -2.37. The number of benzene rings is 2. The summed E-state index contributed by atoms with van der Waals surface area (Å²) < 4.78 is 27.3. The Morgan fingerprint density at radius 3 is 2.30 bits per heavy atom. The van der Waals surface area contributed by atoms with E-state index in [2.05, 4.69) is 12.1 Å². The van der Waals surface area contributed by atoms with Crippen molar-refractivity contribution in [1.29, 1.82) is 0 Å². The lowest BCUT2D eigenvalue weighted by molar-refractivity contribution is -0.135. The van der Waals surface area contributed by atoms with Crippen LogP contribution in [0.15, 0.2) is 54.6 Å². The Labute approximate surface area is 161 Å². The molecule has 0 aromatic heterocycles. The van der Waals surface area contributed by atoms with E-state index in [0.29, 0.717) is 12.5 Å². The Bertz CT molecular complexity index is 892. The van der Waals surface area contributed by atoms with E-state index in [0.717, 1.165) is 18.2 Å². The van der Waals surface area contributed by atoms with Crippen molar-refractivity contribution < 1.29 is 17.4 Å². The molecule has 1 aliphatic rings. The molecule has 0 bridgehead atoms. The molecule has 2 aromatic rings. The van der Waals surface area contributed by atoms with E-state index >= 15 is 0 Å². The number of carbonyl (C=O) groups is 1. The van der Waals surface area contributed by atoms with Crippen LogP contribution >= 0.6 is 0 Å². The molecule has 0 aliphatic heterocycles. The predicted molar refractivity (Wildman–Crippen MR) is 105 cm³/mol. The summed E-state index contributed by atoms with van der Waals surface area (Å²) in [6.07, 6.45) is 1.91. The highest BCUT2D eigenvalue weighted by molar-refractivity contribution is 7.86. The molecule has 0 N–H and O–H groups in total. The number of rotatable bonds is 7. The molecule has 0 spiro atoms. The first kappa shape index (κ1) is 19.4. The average Bonchev–Trinajstić information content (AvgIpc) is 3.40. The molecule has 0 unspecified atom stereocenters. The smallest absolute Gasteiger partial charge is 0.306 e. The van der Waals surface area contributed by atoms with Crippen LogP contribution in [0.4, 0.5) is 0 Å². The number of hydrogen-bond donors (Lipinski definition) is 0. The summed E-state index contributed by atoms with van der Waals surface area (Å²) in [6, 6.07) is 17.1. The molecular weight excluding hydrogens is 362 g/mol. The van der Waals surface area contributed by atoms with Crippen molar-refractivity contribution >= 4 is 16.0 Å². The largest absolute Gasteiger partial charge is 0.383 e. The van der Waals surface area contributed by atoms with Gasteiger partial charge in [0.2, 0.25) is 5.91 Å². The molecule has 2 atom stereocenters. The Balaban J connectivity index is 1.67. The van der Waals surface area contributed by atoms with E-state index < -0.39 is 10.1 Å². The zero-order valence-corrected chi connectivity index (χ0v) is 16.6. The first-order valence-electron chi connectivity index (χ1n) is 9.08. The number of carbonyl (C=O) groups excluding carboxylic acids is 1. The number of hydrogen-bond acceptors (Lipinski definition) is 4. The molecule has 6 heteroatoms. The Morgan fingerprint density at radius 1 is 1.11 bits per heavy atom. The Morgan fingerprint density at radius 2 is 1.74 bits per heavy atom. The zero-order valence-electron chi connectivity index (χ0n) is 15.8. The normalized spacial score (nSPS) is 19.0. The summed E-state index contributed by atoms with van der Waals surface area (Å²) in [5.41, 5.74) is 2.16. The number of amides is 1. The average molecular weight is 388 g/mol. The van der Waals surface area contributed by atoms with E-state index in [-0.39, 0.29) is 23.6 Å². The van der Waals surface area contributed by atoms with Crippen LogP contribution in [-0.4, -0.2) is 31.5 Å². The second-order valence-electron chi connectivity index (χ2n) is 7.35. The Kier molecular flexibility index (Phi) is 5.56. The van der Waals surface area contributed by atoms with Gasteiger partial charge >= 0.3 is 10.1 Å². The fourth-order valence-electron chi connectivity index (χ4n) is 3.29. The molecule has 27 heavy (non-hydrogen) atoms. The van der Waals surface area contributed by atoms with Crippen LogP contribution in [0.5, 0.6) is 5.75 Å². The molecule has 1 aliphatic carbocycles. The van der Waals surface area contributed by atoms with E-state index in [1.165, 1.54) is 5.56 Å². The van der Waals surface area contributed by atoms with Crippen molar-refractivity contribution in [2.45, 2.75) is 38.8 Å². The zero-order chi connectivity index (χ0) is 19.6. The van der Waals surface area contributed by atoms with Crippen LogP contribution in [0.25, 0.3) is 0 Å². The van der Waals surface area contributed by atoms with Crippen molar-refractivity contribution in [3.05, 3.63) is 65.7 Å². The third-order valence-corrected chi connectivity index (χ3v) is 5.26. The quantitative estimate of drug-likeness (QED) is 0.682. The van der Waals surface area contributed by atoms with Crippen LogP contribution < -0.4 is 4.18 Å². The van der Waals surface area contributed by atoms with E-state index in [1.54, 1.807) is 24.3 Å². The summed E-state index contributed by atoms with van der Waals surface area (Å²) in [6.45, 7) is 4.52. The maximum absolute atomic E-state index is 13.0. The summed E-state index contributed by atoms with van der Waals surface area (Å²) in [5.74, 6) is 0.804. The first-order chi connectivity index (χ1) is 12.7. The van der Waals surface area contributed by atoms with Crippen molar-refractivity contribution in [2.24, 2.45) is 5.92 Å². The van der Waals surface area contributed by atoms with Gasteiger partial charge in [-0.3, -0.25) is 4.79 Å². The van der Waals surface area contributed by atoms with E-state index in [9.17, 15) is 13.2 Å². The molecule has 144 valence electrons. The SMILES string of the molecule is CC(C)N(Cc1ccc(OS(C)(=O)=O)cc1)C(=O)[C@@H]1C[C@H]1c1ccccc1. The van der Waals surface area contributed by atoms with E-state index in [1.807, 2.05) is 36.9 Å². The van der Waals surface area contributed by atoms with Crippen molar-refractivity contribution in [3.63, 3.8) is 0 Å². The molecule has 1 fully saturated rings. The standard InChI is InChI=1S/C21H25NO4S/c1-15(2)22(14-16-9-11-18(12-10-16)26-27(3,24)25)21(23)20-13-19(20)17-7-5-4-6-8-17/h4-12,15,19-20H,13-14H2,1-3H3/t19-,20+/m0/s1. The summed E-state index contributed by atoms with van der Waals surface area (Å²) in [4.78, 5) is 14.9. The van der Waals surface area contributed by atoms with Gasteiger partial charge in [0.15, 0.2) is 0 Å². The highest BCUT2D eigenvalue weighted by Gasteiger charge is 2.46. The molecule has 2 aromatic carbocycles. The van der Waals surface area contributed by atoms with Gasteiger partial charge in [0.05, 0.1) is 6.26 Å². The highest BCUT2D eigenvalue weighted by atomic mass is 32.2. The second-order valence-corrected chi connectivity index (χ2v) is 8.93. The van der Waals surface area contributed by atoms with Gasteiger partial charge in [-0.15, -0.1) is 0 Å². The minimum atomic E-state index is -3.54. The monoisotopic (exact) mass is 387 g/mol. The minimum absolute atomic E-state index is 0.0441. The van der Waals surface area contributed by atoms with Crippen LogP contribution in [0.3, 0.4) is 0 Å². The molecule has 3 rings (SSSR count). The lowest BCUT2D eigenvalue weighted by Gasteiger charge is -2.27. The van der Waals surface area contributed by atoms with Crippen LogP contribution in [0.2, 0.25) is 0 Å². The van der Waals surface area contributed by atoms with Gasteiger partial charge in [-0.1, -0.05) is 42.5 Å². The lowest BCUT2D eigenvalue weighted by atomic mass is 10.1. The van der Waals surface area contributed by atoms with Crippen LogP contribution in [0.1, 0.15) is 37.3 Å². The summed E-state index contributed by atoms with van der Waals surface area (Å²) in [7, 11) is -3.54. The van der Waals surface area contributed by atoms with Gasteiger partial charge < -0.3 is 9.08 Å². The van der Waals surface area contributed by atoms with Crippen LogP contribution in [0, 0.1) is 5.92 Å². The topological polar surface area (TPSA) is 63.7 Å². The predicted octanol–water partition coefficient (Wildman–Crippen LogP) is 3.57. The molecule has 0 radical (unpaired) electrons. The van der Waals surface area contributed by atoms with Crippen molar-refractivity contribution in [3.8, 4) is 5.75 Å². The molecular formula is C21H25NO4S. The van der Waals surface area contributed by atoms with Gasteiger partial charge in [-0.2, -0.15) is 8.42 Å². The minimum Gasteiger partial charge on any atom is -0.383 e. The third-order valence-electron chi connectivity index (χ3n) is 4.77. The maximum Gasteiger partial charge on any atom is 0.306 e. The van der Waals surface area contributed by atoms with Gasteiger partial charge in [0.25, 0.3) is 0 Å². The fourth-order valence-corrected chi connectivity index (χ4v) is 3.75. The van der Waals surface area contributed by atoms with Gasteiger partial charge in [0.1, 0.15) is 5.75 Å². The second kappa shape index (κ2) is 7.72. The summed E-state index contributed by atoms with van der Waals surface area (Å²) in [5, 5.41) is 0. The molecule has 0 saturated heterocycles. The number of nitrogens with zero attached hydrogens (tertiary/aromatic N) is 1. The van der Waals surface area contributed by atoms with Gasteiger partial charge in [-0.05, 0) is 49.4 Å². The molecule has 1 amide bonds. The van der Waals surface area contributed by atoms with Crippen LogP contribution in [-0.2, 0) is 21.5 Å². The summed E-state index contributed by atoms with van der Waals surface area (Å²) >= 11 is 0. The third kappa shape index (κ3) is 5.10. The molecule has 0 heterocycles. The van der Waals surface area contributed by atoms with Gasteiger partial charge in [-0.25, -0.2) is 0 Å². The van der Waals surface area contributed by atoms with Crippen molar-refractivity contribution in [2.75, 3.05) is 6.26 Å². The highest BCUT2D eigenvalue weighted by Crippen LogP contribution is 2.48. The molecule has 5 nitrogen and oxygen atoms in total.